The van der Waals surface area contributed by atoms with E-state index in [4.69, 9.17) is 14.2 Å². The average Bonchev–Trinajstić information content (AvgIpc) is 3.19. The fraction of sp³-hybridized carbons (Fsp3) is 0.357. The summed E-state index contributed by atoms with van der Waals surface area (Å²) in [6, 6.07) is 3.66. The molecule has 3 rings (SSSR count). The largest absolute Gasteiger partial charge is 0.462 e. The normalized spacial score (nSPS) is 15.3. The summed E-state index contributed by atoms with van der Waals surface area (Å²) in [5.41, 5.74) is 1.25. The highest BCUT2D eigenvalue weighted by Crippen LogP contribution is 2.22. The Kier molecular flexibility index (Phi) is 3.94. The van der Waals surface area contributed by atoms with Crippen molar-refractivity contribution >= 4 is 5.97 Å². The molecular formula is C14H15N3O4. The molecule has 0 unspecified atom stereocenters. The summed E-state index contributed by atoms with van der Waals surface area (Å²) in [4.78, 5) is 15.9. The number of nitrogens with zero attached hydrogens (tertiary/aromatic N) is 3. The Morgan fingerprint density at radius 1 is 1.38 bits per heavy atom. The predicted molar refractivity (Wildman–Crippen MR) is 72.0 cm³/mol. The number of esters is 1. The number of aromatic nitrogens is 3. The third-order valence-corrected chi connectivity index (χ3v) is 2.99. The molecule has 2 aromatic rings. The summed E-state index contributed by atoms with van der Waals surface area (Å²) in [5, 5.41) is 4.11. The van der Waals surface area contributed by atoms with Gasteiger partial charge >= 0.3 is 5.97 Å². The van der Waals surface area contributed by atoms with Crippen molar-refractivity contribution in [1.29, 1.82) is 0 Å². The van der Waals surface area contributed by atoms with Crippen LogP contribution in [0.3, 0.4) is 0 Å². The molecular weight excluding hydrogens is 274 g/mol. The SMILES string of the molecule is CCOC(=O)c1cnn(-c2ccc(C3OCCO3)cn2)c1. The second-order valence-corrected chi connectivity index (χ2v) is 4.42. The van der Waals surface area contributed by atoms with E-state index < -0.39 is 5.97 Å². The number of hydrogen-bond acceptors (Lipinski definition) is 6. The number of ether oxygens (including phenoxy) is 3. The molecule has 0 spiro atoms. The van der Waals surface area contributed by atoms with Crippen LogP contribution in [0.1, 0.15) is 29.1 Å². The highest BCUT2D eigenvalue weighted by atomic mass is 16.7. The van der Waals surface area contributed by atoms with Crippen molar-refractivity contribution in [3.05, 3.63) is 41.9 Å². The number of rotatable bonds is 4. The van der Waals surface area contributed by atoms with Gasteiger partial charge in [0, 0.05) is 18.0 Å². The summed E-state index contributed by atoms with van der Waals surface area (Å²) in [7, 11) is 0. The summed E-state index contributed by atoms with van der Waals surface area (Å²) >= 11 is 0. The second-order valence-electron chi connectivity index (χ2n) is 4.42. The molecule has 110 valence electrons. The van der Waals surface area contributed by atoms with E-state index in [0.29, 0.717) is 31.2 Å². The molecule has 7 heteroatoms. The molecule has 0 bridgehead atoms. The highest BCUT2D eigenvalue weighted by molar-refractivity contribution is 5.88. The fourth-order valence-electron chi connectivity index (χ4n) is 1.99. The van der Waals surface area contributed by atoms with E-state index >= 15 is 0 Å². The van der Waals surface area contributed by atoms with Crippen LogP contribution >= 0.6 is 0 Å². The average molecular weight is 289 g/mol. The molecule has 0 saturated carbocycles. The first-order chi connectivity index (χ1) is 10.3. The van der Waals surface area contributed by atoms with Crippen molar-refractivity contribution in [3.8, 4) is 5.82 Å². The minimum Gasteiger partial charge on any atom is -0.462 e. The summed E-state index contributed by atoms with van der Waals surface area (Å²) in [6.07, 6.45) is 4.37. The minimum absolute atomic E-state index is 0.332. The third kappa shape index (κ3) is 2.93. The molecule has 3 heterocycles. The highest BCUT2D eigenvalue weighted by Gasteiger charge is 2.18. The Balaban J connectivity index is 1.76. The van der Waals surface area contributed by atoms with Gasteiger partial charge in [0.15, 0.2) is 12.1 Å². The molecule has 1 aliphatic heterocycles. The first kappa shape index (κ1) is 13.7. The Bertz CT molecular complexity index is 617. The second kappa shape index (κ2) is 6.02. The van der Waals surface area contributed by atoms with Gasteiger partial charge in [-0.3, -0.25) is 0 Å². The van der Waals surface area contributed by atoms with Gasteiger partial charge in [0.1, 0.15) is 0 Å². The van der Waals surface area contributed by atoms with E-state index in [9.17, 15) is 4.79 Å². The van der Waals surface area contributed by atoms with Crippen LogP contribution in [-0.2, 0) is 14.2 Å². The summed E-state index contributed by atoms with van der Waals surface area (Å²) in [5.74, 6) is 0.209. The zero-order valence-electron chi connectivity index (χ0n) is 11.6. The zero-order valence-corrected chi connectivity index (χ0v) is 11.6. The van der Waals surface area contributed by atoms with Gasteiger partial charge in [-0.15, -0.1) is 0 Å². The van der Waals surface area contributed by atoms with Crippen molar-refractivity contribution in [3.63, 3.8) is 0 Å². The lowest BCUT2D eigenvalue weighted by Gasteiger charge is -2.09. The topological polar surface area (TPSA) is 75.5 Å². The first-order valence-corrected chi connectivity index (χ1v) is 6.69. The van der Waals surface area contributed by atoms with Gasteiger partial charge in [-0.25, -0.2) is 14.5 Å². The van der Waals surface area contributed by atoms with Crippen molar-refractivity contribution in [2.75, 3.05) is 19.8 Å². The maximum absolute atomic E-state index is 11.6. The molecule has 0 N–H and O–H groups in total. The number of hydrogen-bond donors (Lipinski definition) is 0. The number of pyridine rings is 1. The minimum atomic E-state index is -0.395. The zero-order chi connectivity index (χ0) is 14.7. The smallest absolute Gasteiger partial charge is 0.341 e. The summed E-state index contributed by atoms with van der Waals surface area (Å²) < 4.78 is 17.2. The maximum Gasteiger partial charge on any atom is 0.341 e. The van der Waals surface area contributed by atoms with Gasteiger partial charge < -0.3 is 14.2 Å². The summed E-state index contributed by atoms with van der Waals surface area (Å²) in [6.45, 7) is 3.27. The van der Waals surface area contributed by atoms with Crippen LogP contribution in [0.15, 0.2) is 30.7 Å². The molecule has 0 atom stereocenters. The Morgan fingerprint density at radius 3 is 2.86 bits per heavy atom. The van der Waals surface area contributed by atoms with Crippen LogP contribution in [0.4, 0.5) is 0 Å². The van der Waals surface area contributed by atoms with Crippen LogP contribution in [0.5, 0.6) is 0 Å². The first-order valence-electron chi connectivity index (χ1n) is 6.69. The van der Waals surface area contributed by atoms with E-state index in [1.54, 1.807) is 25.4 Å². The van der Waals surface area contributed by atoms with Gasteiger partial charge in [0.2, 0.25) is 0 Å². The van der Waals surface area contributed by atoms with Crippen LogP contribution in [0.2, 0.25) is 0 Å². The van der Waals surface area contributed by atoms with E-state index in [0.717, 1.165) is 5.56 Å². The fourth-order valence-corrected chi connectivity index (χ4v) is 1.99. The van der Waals surface area contributed by atoms with E-state index in [1.807, 2.05) is 6.07 Å². The molecule has 0 radical (unpaired) electrons. The molecule has 2 aromatic heterocycles. The van der Waals surface area contributed by atoms with E-state index in [-0.39, 0.29) is 6.29 Å². The van der Waals surface area contributed by atoms with Crippen molar-refractivity contribution in [2.45, 2.75) is 13.2 Å². The Labute approximate surface area is 121 Å². The van der Waals surface area contributed by atoms with Gasteiger partial charge in [0.25, 0.3) is 0 Å². The van der Waals surface area contributed by atoms with Gasteiger partial charge in [-0.2, -0.15) is 5.10 Å². The number of carbonyl (C=O) groups is 1. The van der Waals surface area contributed by atoms with Crippen molar-refractivity contribution in [2.24, 2.45) is 0 Å². The van der Waals surface area contributed by atoms with E-state index in [2.05, 4.69) is 10.1 Å². The van der Waals surface area contributed by atoms with Crippen LogP contribution in [-0.4, -0.2) is 40.6 Å². The van der Waals surface area contributed by atoms with Crippen LogP contribution < -0.4 is 0 Å². The molecule has 1 saturated heterocycles. The third-order valence-electron chi connectivity index (χ3n) is 2.99. The van der Waals surface area contributed by atoms with Crippen LogP contribution in [0.25, 0.3) is 5.82 Å². The molecule has 0 amide bonds. The molecule has 7 nitrogen and oxygen atoms in total. The quantitative estimate of drug-likeness (QED) is 0.794. The lowest BCUT2D eigenvalue weighted by molar-refractivity contribution is -0.0443. The number of carbonyl (C=O) groups excluding carboxylic acids is 1. The maximum atomic E-state index is 11.6. The van der Waals surface area contributed by atoms with Gasteiger partial charge in [-0.1, -0.05) is 0 Å². The molecule has 21 heavy (non-hydrogen) atoms. The predicted octanol–water partition coefficient (Wildman–Crippen LogP) is 1.49. The molecule has 0 aromatic carbocycles. The molecule has 1 aliphatic rings. The lowest BCUT2D eigenvalue weighted by Crippen LogP contribution is -2.04. The van der Waals surface area contributed by atoms with Crippen LogP contribution in [0, 0.1) is 0 Å². The lowest BCUT2D eigenvalue weighted by atomic mass is 10.3. The monoisotopic (exact) mass is 289 g/mol. The van der Waals surface area contributed by atoms with Gasteiger partial charge in [0.05, 0.1) is 31.6 Å². The van der Waals surface area contributed by atoms with Gasteiger partial charge in [-0.05, 0) is 19.1 Å². The molecule has 0 aliphatic carbocycles. The Hall–Kier alpha value is -2.25. The molecule has 1 fully saturated rings. The van der Waals surface area contributed by atoms with Crippen molar-refractivity contribution in [1.82, 2.24) is 14.8 Å². The Morgan fingerprint density at radius 2 is 2.19 bits per heavy atom. The van der Waals surface area contributed by atoms with Crippen molar-refractivity contribution < 1.29 is 19.0 Å². The standard InChI is InChI=1S/C14H15N3O4/c1-2-19-13(18)11-8-16-17(9-11)12-4-3-10(7-15-12)14-20-5-6-21-14/h3-4,7-9,14H,2,5-6H2,1H3. The van der Waals surface area contributed by atoms with E-state index in [1.165, 1.54) is 10.9 Å².